The van der Waals surface area contributed by atoms with Gasteiger partial charge in [0.25, 0.3) is 0 Å². The number of carbonyl (C=O) groups excluding carboxylic acids is 2. The molecule has 4 nitrogen and oxygen atoms in total. The van der Waals surface area contributed by atoms with Crippen molar-refractivity contribution in [2.24, 2.45) is 11.8 Å². The van der Waals surface area contributed by atoms with Crippen molar-refractivity contribution in [2.45, 2.75) is 0 Å². The number of esters is 2. The van der Waals surface area contributed by atoms with Crippen LogP contribution in [-0.2, 0) is 19.1 Å². The van der Waals surface area contributed by atoms with Gasteiger partial charge in [-0.1, -0.05) is 60.7 Å². The first-order valence-electron chi connectivity index (χ1n) is 6.82. The molecular weight excluding hydrogens is 280 g/mol. The van der Waals surface area contributed by atoms with E-state index in [1.165, 1.54) is 20.3 Å². The number of rotatable bonds is 7. The number of allylic oxidation sites excluding steroid dienone is 4. The fourth-order valence-electron chi connectivity index (χ4n) is 1.91. The first-order valence-corrected chi connectivity index (χ1v) is 6.82. The predicted molar refractivity (Wildman–Crippen MR) is 85.8 cm³/mol. The molecule has 116 valence electrons. The number of methoxy groups -OCH3 is 2. The third kappa shape index (κ3) is 5.05. The fraction of sp³-hybridized carbons (Fsp3) is 0.222. The van der Waals surface area contributed by atoms with E-state index in [0.717, 1.165) is 5.56 Å². The quantitative estimate of drug-likeness (QED) is 0.336. The molecule has 0 fully saturated rings. The second-order valence-electron chi connectivity index (χ2n) is 4.49. The highest BCUT2D eigenvalue weighted by atomic mass is 16.5. The highest BCUT2D eigenvalue weighted by molar-refractivity contribution is 5.95. The van der Waals surface area contributed by atoms with E-state index in [9.17, 15) is 9.59 Å². The Morgan fingerprint density at radius 3 is 2.14 bits per heavy atom. The van der Waals surface area contributed by atoms with Gasteiger partial charge >= 0.3 is 11.9 Å². The standard InChI is InChI=1S/C18H20O4/c1-4-15(16(17(19)21-2)18(20)22-3)13-9-8-12-14-10-6-5-7-11-14/h4-13,15-16H,1H2,2-3H3/b12-8+,13-9+/t15-/m0/s1. The van der Waals surface area contributed by atoms with Crippen molar-refractivity contribution < 1.29 is 19.1 Å². The van der Waals surface area contributed by atoms with Crippen molar-refractivity contribution in [1.82, 2.24) is 0 Å². The zero-order chi connectivity index (χ0) is 16.4. The predicted octanol–water partition coefficient (Wildman–Crippen LogP) is 3.02. The monoisotopic (exact) mass is 300 g/mol. The van der Waals surface area contributed by atoms with Crippen molar-refractivity contribution in [3.63, 3.8) is 0 Å². The van der Waals surface area contributed by atoms with Gasteiger partial charge in [-0.3, -0.25) is 9.59 Å². The molecule has 0 spiro atoms. The van der Waals surface area contributed by atoms with Crippen LogP contribution in [-0.4, -0.2) is 26.2 Å². The normalized spacial score (nSPS) is 12.5. The highest BCUT2D eigenvalue weighted by Gasteiger charge is 2.33. The van der Waals surface area contributed by atoms with Gasteiger partial charge in [-0.05, 0) is 5.56 Å². The molecule has 0 radical (unpaired) electrons. The van der Waals surface area contributed by atoms with Gasteiger partial charge in [-0.2, -0.15) is 0 Å². The SMILES string of the molecule is C=C[C@@H](/C=C/C=C/c1ccccc1)C(C(=O)OC)C(=O)OC. The molecule has 0 aliphatic heterocycles. The van der Waals surface area contributed by atoms with Crippen molar-refractivity contribution in [1.29, 1.82) is 0 Å². The van der Waals surface area contributed by atoms with Crippen molar-refractivity contribution in [3.05, 3.63) is 66.8 Å². The number of hydrogen-bond acceptors (Lipinski definition) is 4. The first-order chi connectivity index (χ1) is 10.6. The summed E-state index contributed by atoms with van der Waals surface area (Å²) in [6, 6.07) is 9.78. The fourth-order valence-corrected chi connectivity index (χ4v) is 1.91. The molecule has 0 aromatic heterocycles. The molecule has 1 atom stereocenters. The number of benzene rings is 1. The van der Waals surface area contributed by atoms with Gasteiger partial charge in [0, 0.05) is 5.92 Å². The van der Waals surface area contributed by atoms with Crippen LogP contribution in [0.3, 0.4) is 0 Å². The summed E-state index contributed by atoms with van der Waals surface area (Å²) >= 11 is 0. The molecule has 1 rings (SSSR count). The molecule has 0 unspecified atom stereocenters. The van der Waals surface area contributed by atoms with E-state index in [1.54, 1.807) is 12.2 Å². The minimum atomic E-state index is -1.05. The van der Waals surface area contributed by atoms with Gasteiger partial charge in [0.05, 0.1) is 14.2 Å². The van der Waals surface area contributed by atoms with Gasteiger partial charge in [-0.15, -0.1) is 6.58 Å². The molecule has 1 aromatic rings. The lowest BCUT2D eigenvalue weighted by molar-refractivity contribution is -0.159. The van der Waals surface area contributed by atoms with Crippen molar-refractivity contribution in [3.8, 4) is 0 Å². The molecule has 0 N–H and O–H groups in total. The summed E-state index contributed by atoms with van der Waals surface area (Å²) in [5.74, 6) is -2.84. The Labute approximate surface area is 130 Å². The summed E-state index contributed by atoms with van der Waals surface area (Å²) < 4.78 is 9.31. The van der Waals surface area contributed by atoms with Crippen LogP contribution >= 0.6 is 0 Å². The van der Waals surface area contributed by atoms with E-state index in [4.69, 9.17) is 0 Å². The lowest BCUT2D eigenvalue weighted by atomic mass is 9.92. The average Bonchev–Trinajstić information content (AvgIpc) is 2.57. The number of ether oxygens (including phenoxy) is 2. The summed E-state index contributed by atoms with van der Waals surface area (Å²) in [6.45, 7) is 3.66. The Kier molecular flexibility index (Phi) is 7.40. The van der Waals surface area contributed by atoms with Crippen LogP contribution in [0, 0.1) is 11.8 Å². The van der Waals surface area contributed by atoms with Crippen LogP contribution in [0.4, 0.5) is 0 Å². The summed E-state index contributed by atoms with van der Waals surface area (Å²) in [5.41, 5.74) is 1.06. The van der Waals surface area contributed by atoms with Crippen LogP contribution in [0.1, 0.15) is 5.56 Å². The Morgan fingerprint density at radius 1 is 1.05 bits per heavy atom. The minimum Gasteiger partial charge on any atom is -0.468 e. The molecule has 1 aromatic carbocycles. The van der Waals surface area contributed by atoms with Gasteiger partial charge in [0.15, 0.2) is 5.92 Å². The van der Waals surface area contributed by atoms with E-state index in [0.29, 0.717) is 0 Å². The molecule has 0 bridgehead atoms. The molecule has 0 heterocycles. The van der Waals surface area contributed by atoms with Crippen molar-refractivity contribution in [2.75, 3.05) is 14.2 Å². The van der Waals surface area contributed by atoms with Crippen LogP contribution in [0.5, 0.6) is 0 Å². The Morgan fingerprint density at radius 2 is 1.64 bits per heavy atom. The third-order valence-electron chi connectivity index (χ3n) is 3.10. The molecule has 0 aliphatic carbocycles. The van der Waals surface area contributed by atoms with Crippen LogP contribution < -0.4 is 0 Å². The van der Waals surface area contributed by atoms with Crippen LogP contribution in [0.15, 0.2) is 61.2 Å². The van der Waals surface area contributed by atoms with E-state index < -0.39 is 23.8 Å². The lowest BCUT2D eigenvalue weighted by Crippen LogP contribution is -2.31. The second-order valence-corrected chi connectivity index (χ2v) is 4.49. The van der Waals surface area contributed by atoms with E-state index in [2.05, 4.69) is 16.1 Å². The van der Waals surface area contributed by atoms with Gasteiger partial charge in [-0.25, -0.2) is 0 Å². The molecular formula is C18H20O4. The maximum atomic E-state index is 11.7. The van der Waals surface area contributed by atoms with E-state index in [-0.39, 0.29) is 0 Å². The van der Waals surface area contributed by atoms with Crippen molar-refractivity contribution >= 4 is 18.0 Å². The summed E-state index contributed by atoms with van der Waals surface area (Å²) in [5, 5.41) is 0. The molecule has 0 aliphatic rings. The average molecular weight is 300 g/mol. The summed E-state index contributed by atoms with van der Waals surface area (Å²) in [4.78, 5) is 23.5. The molecule has 0 amide bonds. The Hall–Kier alpha value is -2.62. The van der Waals surface area contributed by atoms with Gasteiger partial charge < -0.3 is 9.47 Å². The summed E-state index contributed by atoms with van der Waals surface area (Å²) in [7, 11) is 2.47. The Bertz CT molecular complexity index is 542. The van der Waals surface area contributed by atoms with Crippen LogP contribution in [0.25, 0.3) is 6.08 Å². The number of hydrogen-bond donors (Lipinski definition) is 0. The maximum Gasteiger partial charge on any atom is 0.320 e. The zero-order valence-corrected chi connectivity index (χ0v) is 12.8. The topological polar surface area (TPSA) is 52.6 Å². The third-order valence-corrected chi connectivity index (χ3v) is 3.10. The molecule has 22 heavy (non-hydrogen) atoms. The van der Waals surface area contributed by atoms with E-state index >= 15 is 0 Å². The second kappa shape index (κ2) is 9.34. The minimum absolute atomic E-state index is 0.500. The zero-order valence-electron chi connectivity index (χ0n) is 12.8. The summed E-state index contributed by atoms with van der Waals surface area (Å²) in [6.07, 6.45) is 8.74. The highest BCUT2D eigenvalue weighted by Crippen LogP contribution is 2.18. The lowest BCUT2D eigenvalue weighted by Gasteiger charge is -2.17. The maximum absolute atomic E-state index is 11.7. The Balaban J connectivity index is 2.83. The molecule has 0 saturated carbocycles. The van der Waals surface area contributed by atoms with E-state index in [1.807, 2.05) is 42.5 Å². The van der Waals surface area contributed by atoms with Crippen LogP contribution in [0.2, 0.25) is 0 Å². The van der Waals surface area contributed by atoms with Gasteiger partial charge in [0.1, 0.15) is 0 Å². The smallest absolute Gasteiger partial charge is 0.320 e. The van der Waals surface area contributed by atoms with Gasteiger partial charge in [0.2, 0.25) is 0 Å². The largest absolute Gasteiger partial charge is 0.468 e. The molecule has 0 saturated heterocycles. The molecule has 4 heteroatoms. The number of carbonyl (C=O) groups is 2. The first kappa shape index (κ1) is 17.4.